The van der Waals surface area contributed by atoms with E-state index in [-0.39, 0.29) is 29.7 Å². The molecule has 0 radical (unpaired) electrons. The Hall–Kier alpha value is -1.76. The molecule has 2 heterocycles. The number of nitrogens with two attached hydrogens (primary N) is 1. The maximum Gasteiger partial charge on any atom is 0.573 e. The van der Waals surface area contributed by atoms with Crippen LogP contribution >= 0.6 is 35.3 Å². The first-order valence-corrected chi connectivity index (χ1v) is 9.33. The molecular formula is C17H21F3IN5OS. The van der Waals surface area contributed by atoms with Gasteiger partial charge in [0.25, 0.3) is 0 Å². The molecule has 3 rings (SSSR count). The molecule has 1 aliphatic heterocycles. The highest BCUT2D eigenvalue weighted by atomic mass is 127. The molecule has 6 nitrogen and oxygen atoms in total. The third kappa shape index (κ3) is 6.69. The van der Waals surface area contributed by atoms with Crippen LogP contribution in [0.15, 0.2) is 40.8 Å². The highest BCUT2D eigenvalue weighted by molar-refractivity contribution is 14.0. The Morgan fingerprint density at radius 2 is 1.86 bits per heavy atom. The minimum Gasteiger partial charge on any atom is -0.406 e. The fraction of sp³-hybridized carbons (Fsp3) is 0.412. The summed E-state index contributed by atoms with van der Waals surface area (Å²) in [6, 6.07) is 5.79. The van der Waals surface area contributed by atoms with Crippen LogP contribution in [0.5, 0.6) is 5.75 Å². The summed E-state index contributed by atoms with van der Waals surface area (Å²) in [6.07, 6.45) is -2.29. The van der Waals surface area contributed by atoms with Crippen LogP contribution in [0.2, 0.25) is 0 Å². The summed E-state index contributed by atoms with van der Waals surface area (Å²) in [5, 5.41) is 2.97. The van der Waals surface area contributed by atoms with Crippen LogP contribution in [0.3, 0.4) is 0 Å². The molecule has 0 bridgehead atoms. The summed E-state index contributed by atoms with van der Waals surface area (Å²) in [5.41, 5.74) is 6.94. The Labute approximate surface area is 182 Å². The number of ether oxygens (including phenoxy) is 1. The van der Waals surface area contributed by atoms with E-state index in [0.717, 1.165) is 36.9 Å². The number of halogens is 4. The Morgan fingerprint density at radius 1 is 1.18 bits per heavy atom. The van der Waals surface area contributed by atoms with E-state index in [9.17, 15) is 13.2 Å². The molecule has 28 heavy (non-hydrogen) atoms. The van der Waals surface area contributed by atoms with Gasteiger partial charge in [-0.15, -0.1) is 48.5 Å². The largest absolute Gasteiger partial charge is 0.573 e. The van der Waals surface area contributed by atoms with Crippen molar-refractivity contribution < 1.29 is 17.9 Å². The number of aromatic nitrogens is 1. The van der Waals surface area contributed by atoms with Crippen molar-refractivity contribution in [2.45, 2.75) is 12.8 Å². The van der Waals surface area contributed by atoms with Gasteiger partial charge < -0.3 is 20.3 Å². The molecule has 0 aliphatic carbocycles. The number of guanidine groups is 1. The SMILES string of the molecule is I.NC(=NCCc1ccc(OC(F)(F)F)cc1)N1CCN(c2nccs2)CC1. The maximum atomic E-state index is 12.1. The zero-order valence-corrected chi connectivity index (χ0v) is 18.1. The average Bonchev–Trinajstić information content (AvgIpc) is 3.17. The zero-order valence-electron chi connectivity index (χ0n) is 14.9. The van der Waals surface area contributed by atoms with Gasteiger partial charge in [-0.25, -0.2) is 4.98 Å². The van der Waals surface area contributed by atoms with Gasteiger partial charge in [0.2, 0.25) is 0 Å². The quantitative estimate of drug-likeness (QED) is 0.367. The molecule has 0 amide bonds. The van der Waals surface area contributed by atoms with Gasteiger partial charge in [0, 0.05) is 44.3 Å². The van der Waals surface area contributed by atoms with Crippen molar-refractivity contribution in [1.29, 1.82) is 0 Å². The fourth-order valence-corrected chi connectivity index (χ4v) is 3.45. The fourth-order valence-electron chi connectivity index (χ4n) is 2.76. The normalized spacial score (nSPS) is 15.3. The lowest BCUT2D eigenvalue weighted by atomic mass is 10.1. The zero-order chi connectivity index (χ0) is 19.3. The summed E-state index contributed by atoms with van der Waals surface area (Å²) in [4.78, 5) is 13.0. The van der Waals surface area contributed by atoms with E-state index in [2.05, 4.69) is 19.6 Å². The molecule has 1 aromatic heterocycles. The number of benzene rings is 1. The summed E-state index contributed by atoms with van der Waals surface area (Å²) < 4.78 is 40.3. The second-order valence-corrected chi connectivity index (χ2v) is 6.84. The van der Waals surface area contributed by atoms with Crippen molar-refractivity contribution >= 4 is 46.4 Å². The molecule has 1 fully saturated rings. The van der Waals surface area contributed by atoms with E-state index in [1.807, 2.05) is 10.3 Å². The summed E-state index contributed by atoms with van der Waals surface area (Å²) >= 11 is 1.62. The van der Waals surface area contributed by atoms with Crippen molar-refractivity contribution in [2.24, 2.45) is 10.7 Å². The van der Waals surface area contributed by atoms with Gasteiger partial charge in [0.05, 0.1) is 0 Å². The van der Waals surface area contributed by atoms with Crippen molar-refractivity contribution in [3.05, 3.63) is 41.4 Å². The first-order valence-electron chi connectivity index (χ1n) is 8.45. The number of hydrogen-bond donors (Lipinski definition) is 1. The number of rotatable bonds is 5. The smallest absolute Gasteiger partial charge is 0.406 e. The van der Waals surface area contributed by atoms with E-state index >= 15 is 0 Å². The number of thiazole rings is 1. The second kappa shape index (κ2) is 10.1. The number of alkyl halides is 3. The molecular weight excluding hydrogens is 506 g/mol. The lowest BCUT2D eigenvalue weighted by molar-refractivity contribution is -0.274. The molecule has 11 heteroatoms. The number of anilines is 1. The van der Waals surface area contributed by atoms with E-state index in [1.165, 1.54) is 12.1 Å². The Morgan fingerprint density at radius 3 is 2.43 bits per heavy atom. The van der Waals surface area contributed by atoms with E-state index in [0.29, 0.717) is 18.9 Å². The predicted molar refractivity (Wildman–Crippen MR) is 115 cm³/mol. The van der Waals surface area contributed by atoms with Crippen molar-refractivity contribution in [2.75, 3.05) is 37.6 Å². The monoisotopic (exact) mass is 527 g/mol. The van der Waals surface area contributed by atoms with Gasteiger partial charge in [-0.3, -0.25) is 4.99 Å². The molecule has 1 saturated heterocycles. The standard InChI is InChI=1S/C17H20F3N5OS.HI/c18-17(19,20)26-14-3-1-13(2-4-14)5-6-22-15(21)24-8-10-25(11-9-24)16-23-7-12-27-16;/h1-4,7,12H,5-6,8-11H2,(H2,21,22);1H. The van der Waals surface area contributed by atoms with Crippen LogP contribution in [-0.4, -0.2) is 54.9 Å². The molecule has 0 unspecified atom stereocenters. The van der Waals surface area contributed by atoms with Crippen molar-refractivity contribution in [3.63, 3.8) is 0 Å². The van der Waals surface area contributed by atoms with Crippen molar-refractivity contribution in [1.82, 2.24) is 9.88 Å². The molecule has 1 aromatic carbocycles. The third-order valence-corrected chi connectivity index (χ3v) is 4.96. The number of hydrogen-bond acceptors (Lipinski definition) is 5. The summed E-state index contributed by atoms with van der Waals surface area (Å²) in [5.74, 6) is 0.262. The van der Waals surface area contributed by atoms with Gasteiger partial charge in [0.15, 0.2) is 11.1 Å². The van der Waals surface area contributed by atoms with Crippen LogP contribution in [-0.2, 0) is 6.42 Å². The Kier molecular flexibility index (Phi) is 8.16. The predicted octanol–water partition coefficient (Wildman–Crippen LogP) is 3.34. The second-order valence-electron chi connectivity index (χ2n) is 5.97. The van der Waals surface area contributed by atoms with Crippen LogP contribution < -0.4 is 15.4 Å². The van der Waals surface area contributed by atoms with E-state index < -0.39 is 6.36 Å². The van der Waals surface area contributed by atoms with Crippen LogP contribution in [0, 0.1) is 0 Å². The lowest BCUT2D eigenvalue weighted by Crippen LogP contribution is -2.51. The van der Waals surface area contributed by atoms with Crippen LogP contribution in [0.4, 0.5) is 18.3 Å². The highest BCUT2D eigenvalue weighted by Crippen LogP contribution is 2.23. The first kappa shape index (κ1) is 22.5. The molecule has 154 valence electrons. The number of aliphatic imine (C=N–C) groups is 1. The minimum absolute atomic E-state index is 0. The lowest BCUT2D eigenvalue weighted by Gasteiger charge is -2.35. The third-order valence-electron chi connectivity index (χ3n) is 4.12. The molecule has 0 atom stereocenters. The molecule has 2 N–H and O–H groups in total. The summed E-state index contributed by atoms with van der Waals surface area (Å²) in [7, 11) is 0. The number of piperazine rings is 1. The van der Waals surface area contributed by atoms with E-state index in [1.54, 1.807) is 29.7 Å². The van der Waals surface area contributed by atoms with Crippen LogP contribution in [0.25, 0.3) is 0 Å². The van der Waals surface area contributed by atoms with Gasteiger partial charge in [-0.1, -0.05) is 12.1 Å². The van der Waals surface area contributed by atoms with E-state index in [4.69, 9.17) is 5.73 Å². The highest BCUT2D eigenvalue weighted by Gasteiger charge is 2.30. The van der Waals surface area contributed by atoms with Crippen molar-refractivity contribution in [3.8, 4) is 5.75 Å². The maximum absolute atomic E-state index is 12.1. The van der Waals surface area contributed by atoms with Gasteiger partial charge in [0.1, 0.15) is 5.75 Å². The topological polar surface area (TPSA) is 67.0 Å². The molecule has 0 saturated carbocycles. The van der Waals surface area contributed by atoms with Crippen LogP contribution in [0.1, 0.15) is 5.56 Å². The Bertz CT molecular complexity index is 747. The molecule has 1 aliphatic rings. The minimum atomic E-state index is -4.68. The Balaban J connectivity index is 0.00000280. The van der Waals surface area contributed by atoms with Gasteiger partial charge >= 0.3 is 6.36 Å². The van der Waals surface area contributed by atoms with Gasteiger partial charge in [-0.05, 0) is 24.1 Å². The average molecular weight is 527 g/mol. The molecule has 0 spiro atoms. The number of nitrogens with zero attached hydrogens (tertiary/aromatic N) is 4. The molecule has 2 aromatic rings. The first-order chi connectivity index (χ1) is 12.9. The summed E-state index contributed by atoms with van der Waals surface area (Å²) in [6.45, 7) is 3.70. The van der Waals surface area contributed by atoms with Gasteiger partial charge in [-0.2, -0.15) is 0 Å².